The van der Waals surface area contributed by atoms with Crippen molar-refractivity contribution in [1.82, 2.24) is 9.80 Å². The molecule has 16 heteroatoms. The molecule has 0 spiro atoms. The lowest BCUT2D eigenvalue weighted by molar-refractivity contribution is -0.319. The summed E-state index contributed by atoms with van der Waals surface area (Å²) in [4.78, 5) is 30.6. The number of nitrogens with zero attached hydrogens (tertiary/aromatic N) is 2. The Labute approximate surface area is 353 Å². The Bertz CT molecular complexity index is 1350. The van der Waals surface area contributed by atoms with Crippen LogP contribution in [0.3, 0.4) is 0 Å². The highest BCUT2D eigenvalue weighted by Crippen LogP contribution is 2.42. The van der Waals surface area contributed by atoms with Gasteiger partial charge in [-0.2, -0.15) is 0 Å². The molecule has 16 nitrogen and oxygen atoms in total. The summed E-state index contributed by atoms with van der Waals surface area (Å²) in [5.74, 6) is -4.41. The minimum Gasteiger partial charge on any atom is -0.459 e. The number of cyclic esters (lactones) is 1. The lowest BCUT2D eigenvalue weighted by atomic mass is 9.73. The quantitative estimate of drug-likeness (QED) is 0.190. The van der Waals surface area contributed by atoms with E-state index in [1.54, 1.807) is 62.6 Å². The van der Waals surface area contributed by atoms with Gasteiger partial charge in [0, 0.05) is 51.5 Å². The largest absolute Gasteiger partial charge is 0.459 e. The first-order valence-corrected chi connectivity index (χ1v) is 21.5. The van der Waals surface area contributed by atoms with Crippen molar-refractivity contribution in [3.8, 4) is 0 Å². The van der Waals surface area contributed by atoms with Gasteiger partial charge in [-0.3, -0.25) is 14.5 Å². The van der Waals surface area contributed by atoms with Crippen LogP contribution in [0.2, 0.25) is 0 Å². The third kappa shape index (κ3) is 11.9. The lowest BCUT2D eigenvalue weighted by Gasteiger charge is -2.50. The van der Waals surface area contributed by atoms with Gasteiger partial charge >= 0.3 is 5.97 Å². The molecule has 3 aliphatic heterocycles. The summed E-state index contributed by atoms with van der Waals surface area (Å²) in [7, 11) is 6.62. The fraction of sp³-hybridized carbons (Fsp3) is 0.953. The third-order valence-electron chi connectivity index (χ3n) is 13.6. The summed E-state index contributed by atoms with van der Waals surface area (Å²) >= 11 is 0. The van der Waals surface area contributed by atoms with Crippen LogP contribution in [0.5, 0.6) is 0 Å². The van der Waals surface area contributed by atoms with Crippen LogP contribution in [-0.4, -0.2) is 178 Å². The molecule has 0 bridgehead atoms. The number of carbonyl (C=O) groups is 2. The van der Waals surface area contributed by atoms with E-state index in [1.165, 1.54) is 18.9 Å². The van der Waals surface area contributed by atoms with E-state index >= 15 is 0 Å². The van der Waals surface area contributed by atoms with Crippen LogP contribution in [0.1, 0.15) is 109 Å². The first kappa shape index (κ1) is 51.8. The molecule has 3 fully saturated rings. The van der Waals surface area contributed by atoms with Crippen molar-refractivity contribution in [1.29, 1.82) is 0 Å². The predicted octanol–water partition coefficient (Wildman–Crippen LogP) is 2.47. The van der Waals surface area contributed by atoms with Gasteiger partial charge < -0.3 is 63.6 Å². The normalized spacial score (nSPS) is 45.8. The summed E-state index contributed by atoms with van der Waals surface area (Å²) in [6.07, 6.45) is -10.5. The first-order chi connectivity index (χ1) is 27.1. The molecule has 0 aromatic heterocycles. The average Bonchev–Trinajstić information content (AvgIpc) is 3.15. The van der Waals surface area contributed by atoms with Crippen molar-refractivity contribution in [2.75, 3.05) is 34.9 Å². The molecule has 0 saturated carbocycles. The summed E-state index contributed by atoms with van der Waals surface area (Å²) in [5, 5.41) is 59.6. The molecule has 3 rings (SSSR count). The van der Waals surface area contributed by atoms with Crippen molar-refractivity contribution in [2.45, 2.75) is 205 Å². The van der Waals surface area contributed by atoms with Gasteiger partial charge in [-0.25, -0.2) is 0 Å². The van der Waals surface area contributed by atoms with E-state index < -0.39 is 108 Å². The number of aliphatic hydroxyl groups is 5. The fourth-order valence-corrected chi connectivity index (χ4v) is 9.46. The second-order valence-corrected chi connectivity index (χ2v) is 19.1. The van der Waals surface area contributed by atoms with Crippen molar-refractivity contribution < 1.29 is 68.3 Å². The van der Waals surface area contributed by atoms with Crippen LogP contribution < -0.4 is 0 Å². The predicted molar refractivity (Wildman–Crippen MR) is 219 cm³/mol. The zero-order chi connectivity index (χ0) is 45.1. The van der Waals surface area contributed by atoms with Gasteiger partial charge in [0.15, 0.2) is 12.6 Å². The van der Waals surface area contributed by atoms with Crippen LogP contribution >= 0.6 is 0 Å². The first-order valence-electron chi connectivity index (χ1n) is 21.5. The van der Waals surface area contributed by atoms with E-state index in [2.05, 4.69) is 4.90 Å². The van der Waals surface area contributed by atoms with Crippen LogP contribution in [0.4, 0.5) is 0 Å². The highest BCUT2D eigenvalue weighted by atomic mass is 16.7. The van der Waals surface area contributed by atoms with Gasteiger partial charge in [-0.1, -0.05) is 27.7 Å². The highest BCUT2D eigenvalue weighted by molar-refractivity contribution is 5.76. The smallest absolute Gasteiger partial charge is 0.311 e. The average molecular weight is 849 g/mol. The molecule has 3 aliphatic rings. The number of hydrogen-bond acceptors (Lipinski definition) is 15. The molecule has 0 aromatic carbocycles. The monoisotopic (exact) mass is 849 g/mol. The van der Waals surface area contributed by atoms with Crippen molar-refractivity contribution in [3.05, 3.63) is 0 Å². The Morgan fingerprint density at radius 1 is 0.898 bits per heavy atom. The number of carbonyl (C=O) groups excluding carboxylic acids is 2. The third-order valence-corrected chi connectivity index (χ3v) is 13.6. The van der Waals surface area contributed by atoms with Crippen LogP contribution in [0.25, 0.3) is 0 Å². The molecule has 5 N–H and O–H groups in total. The summed E-state index contributed by atoms with van der Waals surface area (Å²) in [6.45, 7) is 20.7. The van der Waals surface area contributed by atoms with E-state index in [0.717, 1.165) is 0 Å². The molecule has 0 aliphatic carbocycles. The second-order valence-electron chi connectivity index (χ2n) is 19.1. The van der Waals surface area contributed by atoms with Gasteiger partial charge in [-0.05, 0) is 87.6 Å². The minimum absolute atomic E-state index is 0.0244. The zero-order valence-corrected chi connectivity index (χ0v) is 38.7. The molecule has 1 amide bonds. The molecule has 59 heavy (non-hydrogen) atoms. The molecule has 3 saturated heterocycles. The maximum absolute atomic E-state index is 14.4. The summed E-state index contributed by atoms with van der Waals surface area (Å²) < 4.78 is 44.1. The summed E-state index contributed by atoms with van der Waals surface area (Å²) in [6, 6.07) is -0.246. The van der Waals surface area contributed by atoms with Crippen molar-refractivity contribution in [2.24, 2.45) is 23.7 Å². The molecule has 346 valence electrons. The summed E-state index contributed by atoms with van der Waals surface area (Å²) in [5.41, 5.74) is -4.81. The molecular weight excluding hydrogens is 768 g/mol. The van der Waals surface area contributed by atoms with Crippen LogP contribution in [-0.2, 0) is 42.7 Å². The molecule has 0 aromatic rings. The van der Waals surface area contributed by atoms with Gasteiger partial charge in [0.05, 0.1) is 53.7 Å². The van der Waals surface area contributed by atoms with Crippen LogP contribution in [0.15, 0.2) is 0 Å². The number of ether oxygens (including phenoxy) is 7. The lowest BCUT2D eigenvalue weighted by Crippen LogP contribution is -2.62. The molecule has 0 unspecified atom stereocenters. The van der Waals surface area contributed by atoms with E-state index in [1.807, 2.05) is 34.7 Å². The molecule has 19 atom stereocenters. The number of esters is 1. The van der Waals surface area contributed by atoms with E-state index in [-0.39, 0.29) is 50.0 Å². The minimum atomic E-state index is -1.97. The second kappa shape index (κ2) is 20.8. The van der Waals surface area contributed by atoms with Crippen molar-refractivity contribution >= 4 is 11.9 Å². The van der Waals surface area contributed by atoms with E-state index in [0.29, 0.717) is 6.42 Å². The number of amides is 1. The Hall–Kier alpha value is -1.54. The van der Waals surface area contributed by atoms with Gasteiger partial charge in [0.2, 0.25) is 5.91 Å². The van der Waals surface area contributed by atoms with Gasteiger partial charge in [-0.15, -0.1) is 0 Å². The van der Waals surface area contributed by atoms with Gasteiger partial charge in [0.1, 0.15) is 30.5 Å². The zero-order valence-electron chi connectivity index (χ0n) is 38.7. The molecule has 0 radical (unpaired) electrons. The molecular formula is C43H80N2O14. The maximum Gasteiger partial charge on any atom is 0.311 e. The van der Waals surface area contributed by atoms with Crippen LogP contribution in [0, 0.1) is 23.7 Å². The Morgan fingerprint density at radius 2 is 1.51 bits per heavy atom. The SMILES string of the molecule is CC[C@H]1OC(=O)[C@H](C)[C@@H](O[C@H]2C[C@@](C)(OC)[C@@H](O)[C@H](C)O2)[C@H](C)[C@@H](O[C@@H]2O[C@H](C)C[C@H](N(C)C(C)C)[C@H]2O)[C@](C)(O)C[C@@H](C)[C@H](OCC(=O)N(C)C)[C@H](C)[C@@H](O)[C@]1(C)O. The number of rotatable bonds is 11. The Kier molecular flexibility index (Phi) is 18.2. The Balaban J connectivity index is 2.25. The standard InChI is InChI=1S/C43H80N2O14/c1-17-30-43(12,52)36(48)25(6)34(54-21-31(46)44(13)14)23(4)19-41(10,51)38(59-40-33(47)29(18-24(5)55-40)45(15)22(2)3)26(7)35(27(8)39(50)57-30)58-32-20-42(11,53-16)37(49)28(9)56-32/h22-30,32-38,40,47-49,51-52H,17-21H2,1-16H3/t23-,24-,25+,26+,27-,28+,29+,30-,32+,33-,34+,35+,36-,37+,38-,40+,41-,42-,43-/m1/s1. The topological polar surface area (TPSA) is 206 Å². The number of likely N-dealkylation sites (N-methyl/N-ethyl adjacent to an activating group) is 2. The Morgan fingerprint density at radius 3 is 2.05 bits per heavy atom. The van der Waals surface area contributed by atoms with Gasteiger partial charge in [0.25, 0.3) is 0 Å². The number of methoxy groups -OCH3 is 1. The van der Waals surface area contributed by atoms with Crippen molar-refractivity contribution in [3.63, 3.8) is 0 Å². The number of hydrogen-bond donors (Lipinski definition) is 5. The molecule has 3 heterocycles. The fourth-order valence-electron chi connectivity index (χ4n) is 9.46. The van der Waals surface area contributed by atoms with E-state index in [4.69, 9.17) is 33.2 Å². The van der Waals surface area contributed by atoms with E-state index in [9.17, 15) is 35.1 Å². The number of aliphatic hydroxyl groups excluding tert-OH is 3. The highest BCUT2D eigenvalue weighted by Gasteiger charge is 2.54. The maximum atomic E-state index is 14.4.